The Balaban J connectivity index is 2.32. The average molecular weight is 244 g/mol. The third kappa shape index (κ3) is 5.82. The van der Waals surface area contributed by atoms with E-state index in [-0.39, 0.29) is 6.04 Å². The maximum atomic E-state index is 6.13. The van der Waals surface area contributed by atoms with E-state index in [9.17, 15) is 0 Å². The lowest BCUT2D eigenvalue weighted by Crippen LogP contribution is -2.45. The van der Waals surface area contributed by atoms with Gasteiger partial charge in [0.05, 0.1) is 6.61 Å². The van der Waals surface area contributed by atoms with E-state index < -0.39 is 0 Å². The fourth-order valence-electron chi connectivity index (χ4n) is 2.21. The second-order valence-corrected chi connectivity index (χ2v) is 5.11. The number of hydrogen-bond donors (Lipinski definition) is 1. The van der Waals surface area contributed by atoms with Crippen LogP contribution in [0, 0.1) is 5.92 Å². The highest BCUT2D eigenvalue weighted by molar-refractivity contribution is 4.86. The van der Waals surface area contributed by atoms with E-state index in [1.807, 2.05) is 0 Å². The summed E-state index contributed by atoms with van der Waals surface area (Å²) in [6.45, 7) is 5.78. The number of rotatable bonds is 10. The minimum absolute atomic E-state index is 0.202. The number of methoxy groups -OCH3 is 2. The van der Waals surface area contributed by atoms with E-state index in [4.69, 9.17) is 15.2 Å². The summed E-state index contributed by atoms with van der Waals surface area (Å²) in [5, 5.41) is 0. The van der Waals surface area contributed by atoms with Gasteiger partial charge in [-0.3, -0.25) is 4.90 Å². The normalized spacial score (nSPS) is 19.6. The highest BCUT2D eigenvalue weighted by atomic mass is 16.5. The minimum Gasteiger partial charge on any atom is -0.385 e. The summed E-state index contributed by atoms with van der Waals surface area (Å²) < 4.78 is 10.3. The van der Waals surface area contributed by atoms with Crippen LogP contribution in [0.2, 0.25) is 0 Å². The van der Waals surface area contributed by atoms with Crippen molar-refractivity contribution in [1.82, 2.24) is 4.90 Å². The van der Waals surface area contributed by atoms with Crippen molar-refractivity contribution in [3.8, 4) is 0 Å². The van der Waals surface area contributed by atoms with Crippen LogP contribution < -0.4 is 5.73 Å². The highest BCUT2D eigenvalue weighted by Gasteiger charge is 2.32. The fraction of sp³-hybridized carbons (Fsp3) is 1.00. The highest BCUT2D eigenvalue weighted by Crippen LogP contribution is 2.35. The molecule has 4 nitrogen and oxygen atoms in total. The van der Waals surface area contributed by atoms with Gasteiger partial charge in [0.15, 0.2) is 0 Å². The maximum absolute atomic E-state index is 6.13. The number of hydrogen-bond acceptors (Lipinski definition) is 4. The molecule has 2 unspecified atom stereocenters. The molecule has 0 aromatic rings. The van der Waals surface area contributed by atoms with Crippen LogP contribution in [0.1, 0.15) is 26.2 Å². The molecule has 2 atom stereocenters. The third-order valence-electron chi connectivity index (χ3n) is 3.62. The summed E-state index contributed by atoms with van der Waals surface area (Å²) in [6.07, 6.45) is 3.67. The summed E-state index contributed by atoms with van der Waals surface area (Å²) in [5.41, 5.74) is 6.13. The Morgan fingerprint density at radius 2 is 1.88 bits per heavy atom. The Kier molecular flexibility index (Phi) is 7.04. The molecule has 102 valence electrons. The predicted octanol–water partition coefficient (Wildman–Crippen LogP) is 1.10. The molecule has 4 heteroatoms. The van der Waals surface area contributed by atoms with Crippen molar-refractivity contribution in [2.24, 2.45) is 11.7 Å². The van der Waals surface area contributed by atoms with Gasteiger partial charge in [-0.2, -0.15) is 0 Å². The molecule has 0 aromatic heterocycles. The van der Waals surface area contributed by atoms with Gasteiger partial charge in [-0.1, -0.05) is 0 Å². The molecule has 1 rings (SSSR count). The van der Waals surface area contributed by atoms with E-state index in [0.717, 1.165) is 38.6 Å². The minimum atomic E-state index is 0.202. The Hall–Kier alpha value is -0.160. The monoisotopic (exact) mass is 244 g/mol. The Morgan fingerprint density at radius 1 is 1.24 bits per heavy atom. The van der Waals surface area contributed by atoms with Crippen LogP contribution in [-0.2, 0) is 9.47 Å². The van der Waals surface area contributed by atoms with E-state index in [1.165, 1.54) is 12.8 Å². The smallest absolute Gasteiger partial charge is 0.0589 e. The molecule has 0 aliphatic heterocycles. The molecule has 0 bridgehead atoms. The SMILES string of the molecule is COCCC(N)CN(CCOC)C(C)C1CC1. The second kappa shape index (κ2) is 8.03. The van der Waals surface area contributed by atoms with Crippen LogP contribution in [0.5, 0.6) is 0 Å². The molecule has 0 amide bonds. The van der Waals surface area contributed by atoms with Gasteiger partial charge in [0, 0.05) is 46.0 Å². The number of ether oxygens (including phenoxy) is 2. The van der Waals surface area contributed by atoms with Crippen LogP contribution in [0.3, 0.4) is 0 Å². The lowest BCUT2D eigenvalue weighted by Gasteiger charge is -2.31. The molecule has 0 saturated heterocycles. The van der Waals surface area contributed by atoms with E-state index >= 15 is 0 Å². The van der Waals surface area contributed by atoms with E-state index in [1.54, 1.807) is 14.2 Å². The summed E-state index contributed by atoms with van der Waals surface area (Å²) in [6, 6.07) is 0.840. The lowest BCUT2D eigenvalue weighted by atomic mass is 10.1. The first kappa shape index (κ1) is 14.9. The zero-order valence-corrected chi connectivity index (χ0v) is 11.5. The predicted molar refractivity (Wildman–Crippen MR) is 70.1 cm³/mol. The van der Waals surface area contributed by atoms with Crippen molar-refractivity contribution in [3.63, 3.8) is 0 Å². The zero-order valence-electron chi connectivity index (χ0n) is 11.5. The molecule has 1 aliphatic carbocycles. The molecule has 0 heterocycles. The van der Waals surface area contributed by atoms with E-state index in [0.29, 0.717) is 6.04 Å². The van der Waals surface area contributed by atoms with Crippen LogP contribution in [-0.4, -0.2) is 57.5 Å². The van der Waals surface area contributed by atoms with Gasteiger partial charge in [0.1, 0.15) is 0 Å². The van der Waals surface area contributed by atoms with Crippen molar-refractivity contribution >= 4 is 0 Å². The maximum Gasteiger partial charge on any atom is 0.0589 e. The molecular weight excluding hydrogens is 216 g/mol. The van der Waals surface area contributed by atoms with Crippen LogP contribution in [0.25, 0.3) is 0 Å². The molecule has 1 saturated carbocycles. The fourth-order valence-corrected chi connectivity index (χ4v) is 2.21. The van der Waals surface area contributed by atoms with Gasteiger partial charge in [-0.15, -0.1) is 0 Å². The Bertz CT molecular complexity index is 198. The molecule has 1 fully saturated rings. The van der Waals surface area contributed by atoms with Crippen molar-refractivity contribution < 1.29 is 9.47 Å². The van der Waals surface area contributed by atoms with Gasteiger partial charge in [-0.25, -0.2) is 0 Å². The number of nitrogens with zero attached hydrogens (tertiary/aromatic N) is 1. The van der Waals surface area contributed by atoms with Crippen molar-refractivity contribution in [3.05, 3.63) is 0 Å². The zero-order chi connectivity index (χ0) is 12.7. The third-order valence-corrected chi connectivity index (χ3v) is 3.62. The summed E-state index contributed by atoms with van der Waals surface area (Å²) >= 11 is 0. The topological polar surface area (TPSA) is 47.7 Å². The van der Waals surface area contributed by atoms with Crippen LogP contribution in [0.15, 0.2) is 0 Å². The molecule has 2 N–H and O–H groups in total. The molecule has 0 radical (unpaired) electrons. The first-order valence-corrected chi connectivity index (χ1v) is 6.66. The molecular formula is C13H28N2O2. The second-order valence-electron chi connectivity index (χ2n) is 5.11. The summed E-state index contributed by atoms with van der Waals surface area (Å²) in [7, 11) is 3.48. The Labute approximate surface area is 105 Å². The average Bonchev–Trinajstić information content (AvgIpc) is 3.15. The van der Waals surface area contributed by atoms with Crippen LogP contribution >= 0.6 is 0 Å². The molecule has 0 spiro atoms. The summed E-state index contributed by atoms with van der Waals surface area (Å²) in [5.74, 6) is 0.876. The first-order chi connectivity index (χ1) is 8.19. The van der Waals surface area contributed by atoms with Gasteiger partial charge in [0.2, 0.25) is 0 Å². The van der Waals surface area contributed by atoms with Crippen molar-refractivity contribution in [2.45, 2.75) is 38.3 Å². The summed E-state index contributed by atoms with van der Waals surface area (Å²) in [4.78, 5) is 2.47. The van der Waals surface area contributed by atoms with Crippen molar-refractivity contribution in [1.29, 1.82) is 0 Å². The molecule has 17 heavy (non-hydrogen) atoms. The lowest BCUT2D eigenvalue weighted by molar-refractivity contribution is 0.106. The largest absolute Gasteiger partial charge is 0.385 e. The van der Waals surface area contributed by atoms with Crippen molar-refractivity contribution in [2.75, 3.05) is 40.5 Å². The Morgan fingerprint density at radius 3 is 2.41 bits per heavy atom. The van der Waals surface area contributed by atoms with Crippen LogP contribution in [0.4, 0.5) is 0 Å². The van der Waals surface area contributed by atoms with Gasteiger partial charge < -0.3 is 15.2 Å². The van der Waals surface area contributed by atoms with Gasteiger partial charge in [0.25, 0.3) is 0 Å². The van der Waals surface area contributed by atoms with Gasteiger partial charge >= 0.3 is 0 Å². The standard InChI is InChI=1S/C13H28N2O2/c1-11(12-4-5-12)15(7-9-17-3)10-13(14)6-8-16-2/h11-13H,4-10,14H2,1-3H3. The molecule has 1 aliphatic rings. The first-order valence-electron chi connectivity index (χ1n) is 6.66. The number of nitrogens with two attached hydrogens (primary N) is 1. The van der Waals surface area contributed by atoms with Gasteiger partial charge in [-0.05, 0) is 32.1 Å². The molecule has 0 aromatic carbocycles. The van der Waals surface area contributed by atoms with E-state index in [2.05, 4.69) is 11.8 Å². The quantitative estimate of drug-likeness (QED) is 0.625.